The summed E-state index contributed by atoms with van der Waals surface area (Å²) in [5.74, 6) is 1.11. The number of anilines is 1. The Labute approximate surface area is 130 Å². The number of nitrogens with zero attached hydrogens (tertiary/aromatic N) is 2. The van der Waals surface area contributed by atoms with Gasteiger partial charge in [-0.3, -0.25) is 15.0 Å². The number of hydrogen-bond donors (Lipinski definition) is 1. The molecule has 2 aromatic carbocycles. The Balaban J connectivity index is 1.94. The number of nitro groups is 1. The fourth-order valence-electron chi connectivity index (χ4n) is 2.32. The highest BCUT2D eigenvalue weighted by molar-refractivity contribution is 5.89. The summed E-state index contributed by atoms with van der Waals surface area (Å²) < 4.78 is 10.5. The van der Waals surface area contributed by atoms with Crippen LogP contribution in [0.25, 0.3) is 0 Å². The van der Waals surface area contributed by atoms with Gasteiger partial charge in [0.15, 0.2) is 11.5 Å². The van der Waals surface area contributed by atoms with Crippen molar-refractivity contribution in [2.75, 3.05) is 11.7 Å². The lowest BCUT2D eigenvalue weighted by atomic mass is 10.1. The van der Waals surface area contributed by atoms with Gasteiger partial charge in [-0.1, -0.05) is 18.2 Å². The number of benzene rings is 2. The topological polar surface area (TPSA) is 102 Å². The molecule has 3 rings (SSSR count). The molecule has 23 heavy (non-hydrogen) atoms. The van der Waals surface area contributed by atoms with E-state index < -0.39 is 11.0 Å². The predicted molar refractivity (Wildman–Crippen MR) is 79.9 cm³/mol. The third-order valence-corrected chi connectivity index (χ3v) is 3.38. The first kappa shape index (κ1) is 14.6. The number of para-hydroxylation sites is 2. The van der Waals surface area contributed by atoms with E-state index in [0.717, 1.165) is 4.90 Å². The van der Waals surface area contributed by atoms with E-state index in [4.69, 9.17) is 9.47 Å². The minimum Gasteiger partial charge on any atom is -0.465 e. The second-order valence-electron chi connectivity index (χ2n) is 4.80. The number of ether oxygens (including phenoxy) is 2. The third kappa shape index (κ3) is 2.86. The molecule has 0 unspecified atom stereocenters. The SMILES string of the molecule is O=C(O)N(Cc1ccc2c(c1)OCO2)c1ccccc1[N+](=O)[O-]. The maximum atomic E-state index is 11.6. The van der Waals surface area contributed by atoms with Gasteiger partial charge in [-0.2, -0.15) is 0 Å². The molecular weight excluding hydrogens is 304 g/mol. The van der Waals surface area contributed by atoms with Crippen LogP contribution in [0.15, 0.2) is 42.5 Å². The second-order valence-corrected chi connectivity index (χ2v) is 4.80. The zero-order valence-electron chi connectivity index (χ0n) is 11.8. The fourth-order valence-corrected chi connectivity index (χ4v) is 2.32. The van der Waals surface area contributed by atoms with Crippen molar-refractivity contribution in [3.8, 4) is 11.5 Å². The molecule has 2 aromatic rings. The average Bonchev–Trinajstić information content (AvgIpc) is 3.00. The van der Waals surface area contributed by atoms with Crippen molar-refractivity contribution in [1.29, 1.82) is 0 Å². The van der Waals surface area contributed by atoms with Gasteiger partial charge in [-0.25, -0.2) is 4.79 Å². The van der Waals surface area contributed by atoms with Gasteiger partial charge in [-0.15, -0.1) is 0 Å². The first-order valence-electron chi connectivity index (χ1n) is 6.68. The molecule has 0 aromatic heterocycles. The van der Waals surface area contributed by atoms with Gasteiger partial charge in [0, 0.05) is 6.07 Å². The Kier molecular flexibility index (Phi) is 3.71. The van der Waals surface area contributed by atoms with Gasteiger partial charge >= 0.3 is 6.09 Å². The van der Waals surface area contributed by atoms with Crippen LogP contribution < -0.4 is 14.4 Å². The number of hydrogen-bond acceptors (Lipinski definition) is 5. The number of rotatable bonds is 4. The summed E-state index contributed by atoms with van der Waals surface area (Å²) in [6.45, 7) is 0.0718. The van der Waals surface area contributed by atoms with Crippen LogP contribution in [0.4, 0.5) is 16.2 Å². The lowest BCUT2D eigenvalue weighted by Gasteiger charge is -2.19. The van der Waals surface area contributed by atoms with E-state index >= 15 is 0 Å². The summed E-state index contributed by atoms with van der Waals surface area (Å²) in [6.07, 6.45) is -1.28. The Bertz CT molecular complexity index is 776. The fraction of sp³-hybridized carbons (Fsp3) is 0.133. The normalized spacial score (nSPS) is 12.0. The highest BCUT2D eigenvalue weighted by Gasteiger charge is 2.24. The molecule has 0 spiro atoms. The molecule has 0 saturated heterocycles. The average molecular weight is 316 g/mol. The molecule has 1 amide bonds. The molecule has 1 heterocycles. The molecule has 0 atom stereocenters. The quantitative estimate of drug-likeness (QED) is 0.687. The molecule has 1 N–H and O–H groups in total. The highest BCUT2D eigenvalue weighted by atomic mass is 16.7. The third-order valence-electron chi connectivity index (χ3n) is 3.38. The zero-order chi connectivity index (χ0) is 16.4. The summed E-state index contributed by atoms with van der Waals surface area (Å²) >= 11 is 0. The summed E-state index contributed by atoms with van der Waals surface area (Å²) in [4.78, 5) is 23.0. The lowest BCUT2D eigenvalue weighted by Crippen LogP contribution is -2.29. The minimum absolute atomic E-state index is 0.0164. The molecule has 1 aliphatic heterocycles. The first-order chi connectivity index (χ1) is 11.1. The summed E-state index contributed by atoms with van der Waals surface area (Å²) in [7, 11) is 0. The summed E-state index contributed by atoms with van der Waals surface area (Å²) in [5.41, 5.74) is 0.383. The van der Waals surface area contributed by atoms with E-state index in [-0.39, 0.29) is 24.7 Å². The van der Waals surface area contributed by atoms with E-state index in [1.54, 1.807) is 24.3 Å². The Morgan fingerprint density at radius 1 is 1.22 bits per heavy atom. The molecule has 118 valence electrons. The van der Waals surface area contributed by atoms with E-state index in [1.165, 1.54) is 18.2 Å². The second kappa shape index (κ2) is 5.84. The van der Waals surface area contributed by atoms with Crippen molar-refractivity contribution in [3.05, 3.63) is 58.1 Å². The standard InChI is InChI=1S/C15H12N2O6/c18-15(19)16(11-3-1-2-4-12(11)17(20)21)8-10-5-6-13-14(7-10)23-9-22-13/h1-7H,8-9H2,(H,18,19). The predicted octanol–water partition coefficient (Wildman–Crippen LogP) is 3.01. The number of nitro benzene ring substituents is 1. The minimum atomic E-state index is -1.28. The van der Waals surface area contributed by atoms with Gasteiger partial charge in [0.2, 0.25) is 6.79 Å². The van der Waals surface area contributed by atoms with Crippen molar-refractivity contribution in [1.82, 2.24) is 0 Å². The molecule has 0 aliphatic carbocycles. The largest absolute Gasteiger partial charge is 0.465 e. The van der Waals surface area contributed by atoms with Crippen LogP contribution >= 0.6 is 0 Å². The Hall–Kier alpha value is -3.29. The van der Waals surface area contributed by atoms with E-state index in [1.807, 2.05) is 0 Å². The highest BCUT2D eigenvalue weighted by Crippen LogP contribution is 2.34. The Morgan fingerprint density at radius 3 is 2.70 bits per heavy atom. The maximum Gasteiger partial charge on any atom is 0.412 e. The number of carbonyl (C=O) groups is 1. The Morgan fingerprint density at radius 2 is 1.96 bits per heavy atom. The number of carboxylic acid groups (broad SMARTS) is 1. The van der Waals surface area contributed by atoms with Crippen LogP contribution in [0, 0.1) is 10.1 Å². The van der Waals surface area contributed by atoms with E-state index in [0.29, 0.717) is 17.1 Å². The maximum absolute atomic E-state index is 11.6. The van der Waals surface area contributed by atoms with Crippen molar-refractivity contribution in [2.45, 2.75) is 6.54 Å². The van der Waals surface area contributed by atoms with Crippen molar-refractivity contribution < 1.29 is 24.3 Å². The first-order valence-corrected chi connectivity index (χ1v) is 6.68. The van der Waals surface area contributed by atoms with Gasteiger partial charge in [0.05, 0.1) is 11.5 Å². The van der Waals surface area contributed by atoms with Crippen molar-refractivity contribution in [3.63, 3.8) is 0 Å². The smallest absolute Gasteiger partial charge is 0.412 e. The van der Waals surface area contributed by atoms with Crippen LogP contribution in [0.3, 0.4) is 0 Å². The molecule has 0 saturated carbocycles. The van der Waals surface area contributed by atoms with E-state index in [2.05, 4.69) is 0 Å². The van der Waals surface area contributed by atoms with Gasteiger partial charge in [-0.05, 0) is 23.8 Å². The summed E-state index contributed by atoms with van der Waals surface area (Å²) in [6, 6.07) is 10.7. The lowest BCUT2D eigenvalue weighted by molar-refractivity contribution is -0.384. The van der Waals surface area contributed by atoms with Crippen LogP contribution in [0.2, 0.25) is 0 Å². The van der Waals surface area contributed by atoms with Crippen LogP contribution in [0.5, 0.6) is 11.5 Å². The van der Waals surface area contributed by atoms with Gasteiger partial charge < -0.3 is 14.6 Å². The molecule has 0 fully saturated rings. The van der Waals surface area contributed by atoms with Crippen molar-refractivity contribution >= 4 is 17.5 Å². The molecule has 0 bridgehead atoms. The molecular formula is C15H12N2O6. The summed E-state index contributed by atoms with van der Waals surface area (Å²) in [5, 5.41) is 20.5. The van der Waals surface area contributed by atoms with E-state index in [9.17, 15) is 20.0 Å². The zero-order valence-corrected chi connectivity index (χ0v) is 11.8. The van der Waals surface area contributed by atoms with Crippen LogP contribution in [-0.4, -0.2) is 22.9 Å². The van der Waals surface area contributed by atoms with Crippen LogP contribution in [0.1, 0.15) is 5.56 Å². The van der Waals surface area contributed by atoms with Crippen LogP contribution in [-0.2, 0) is 6.54 Å². The molecule has 1 aliphatic rings. The molecule has 8 nitrogen and oxygen atoms in total. The molecule has 8 heteroatoms. The number of amides is 1. The van der Waals surface area contributed by atoms with Crippen molar-refractivity contribution in [2.24, 2.45) is 0 Å². The monoisotopic (exact) mass is 316 g/mol. The molecule has 0 radical (unpaired) electrons. The van der Waals surface area contributed by atoms with Gasteiger partial charge in [0.25, 0.3) is 5.69 Å². The number of fused-ring (bicyclic) bond motifs is 1. The van der Waals surface area contributed by atoms with Gasteiger partial charge in [0.1, 0.15) is 5.69 Å².